The summed E-state index contributed by atoms with van der Waals surface area (Å²) < 4.78 is 11.2. The maximum atomic E-state index is 12.9. The second-order valence-electron chi connectivity index (χ2n) is 20.5. The number of aliphatic hydroxyl groups excluding tert-OH is 5. The van der Waals surface area contributed by atoms with E-state index >= 15 is 0 Å². The van der Waals surface area contributed by atoms with Gasteiger partial charge in [-0.25, -0.2) is 0 Å². The number of hydrogen-bond acceptors (Lipinski definition) is 8. The predicted molar refractivity (Wildman–Crippen MR) is 272 cm³/mol. The van der Waals surface area contributed by atoms with Crippen molar-refractivity contribution >= 4 is 5.91 Å². The zero-order chi connectivity index (χ0) is 47.3. The van der Waals surface area contributed by atoms with Crippen molar-refractivity contribution in [2.24, 2.45) is 0 Å². The highest BCUT2D eigenvalue weighted by Crippen LogP contribution is 2.23. The van der Waals surface area contributed by atoms with Crippen LogP contribution in [-0.2, 0) is 14.3 Å². The molecule has 1 amide bonds. The number of rotatable bonds is 50. The van der Waals surface area contributed by atoms with E-state index in [2.05, 4.69) is 19.2 Å². The molecule has 1 aliphatic heterocycles. The third-order valence-electron chi connectivity index (χ3n) is 14.2. The molecular weight excluding hydrogens is 815 g/mol. The van der Waals surface area contributed by atoms with Gasteiger partial charge in [0.25, 0.3) is 0 Å². The fourth-order valence-electron chi connectivity index (χ4n) is 9.64. The van der Waals surface area contributed by atoms with E-state index < -0.39 is 49.5 Å². The van der Waals surface area contributed by atoms with Crippen molar-refractivity contribution in [1.29, 1.82) is 0 Å². The maximum Gasteiger partial charge on any atom is 0.220 e. The molecule has 7 unspecified atom stereocenters. The van der Waals surface area contributed by atoms with Crippen LogP contribution in [0.3, 0.4) is 0 Å². The molecule has 1 saturated heterocycles. The van der Waals surface area contributed by atoms with Crippen LogP contribution in [-0.4, -0.2) is 87.5 Å². The first kappa shape index (κ1) is 62.2. The molecule has 65 heavy (non-hydrogen) atoms. The summed E-state index contributed by atoms with van der Waals surface area (Å²) in [6.07, 6.45) is 49.7. The Morgan fingerprint density at radius 3 is 1.09 bits per heavy atom. The van der Waals surface area contributed by atoms with Crippen molar-refractivity contribution in [2.75, 3.05) is 13.2 Å². The molecule has 1 aliphatic rings. The van der Waals surface area contributed by atoms with Crippen LogP contribution in [0.15, 0.2) is 0 Å². The summed E-state index contributed by atoms with van der Waals surface area (Å²) >= 11 is 0. The number of unbranched alkanes of at least 4 members (excludes halogenated alkanes) is 40. The van der Waals surface area contributed by atoms with Gasteiger partial charge in [-0.15, -0.1) is 0 Å². The molecule has 0 bridgehead atoms. The van der Waals surface area contributed by atoms with Crippen LogP contribution in [0.2, 0.25) is 0 Å². The summed E-state index contributed by atoms with van der Waals surface area (Å²) in [5, 5.41) is 53.8. The van der Waals surface area contributed by atoms with Crippen molar-refractivity contribution in [3.63, 3.8) is 0 Å². The summed E-state index contributed by atoms with van der Waals surface area (Å²) in [6, 6.07) is -0.709. The quantitative estimate of drug-likeness (QED) is 0.0330. The summed E-state index contributed by atoms with van der Waals surface area (Å²) in [4.78, 5) is 12.9. The molecule has 0 saturated carbocycles. The maximum absolute atomic E-state index is 12.9. The van der Waals surface area contributed by atoms with Crippen LogP contribution in [0.1, 0.15) is 296 Å². The van der Waals surface area contributed by atoms with Crippen LogP contribution in [0.5, 0.6) is 0 Å². The average Bonchev–Trinajstić information content (AvgIpc) is 3.31. The van der Waals surface area contributed by atoms with Gasteiger partial charge in [0, 0.05) is 6.42 Å². The smallest absolute Gasteiger partial charge is 0.220 e. The molecule has 0 spiro atoms. The van der Waals surface area contributed by atoms with E-state index in [0.717, 1.165) is 44.9 Å². The summed E-state index contributed by atoms with van der Waals surface area (Å²) in [7, 11) is 0. The minimum atomic E-state index is -1.55. The van der Waals surface area contributed by atoms with E-state index in [0.29, 0.717) is 12.8 Å². The predicted octanol–water partition coefficient (Wildman–Crippen LogP) is 13.9. The molecule has 0 aliphatic carbocycles. The lowest BCUT2D eigenvalue weighted by Gasteiger charge is -2.40. The van der Waals surface area contributed by atoms with E-state index in [1.165, 1.54) is 225 Å². The molecule has 0 aromatic carbocycles. The number of hydrogen-bond donors (Lipinski definition) is 6. The van der Waals surface area contributed by atoms with Crippen LogP contribution in [0.4, 0.5) is 0 Å². The molecule has 0 aromatic rings. The highest BCUT2D eigenvalue weighted by atomic mass is 16.7. The Balaban J connectivity index is 1.88. The van der Waals surface area contributed by atoms with Crippen LogP contribution >= 0.6 is 0 Å². The molecule has 1 rings (SSSR count). The van der Waals surface area contributed by atoms with Gasteiger partial charge in [0.1, 0.15) is 24.4 Å². The second kappa shape index (κ2) is 46.9. The zero-order valence-corrected chi connectivity index (χ0v) is 43.0. The molecule has 6 N–H and O–H groups in total. The fraction of sp³-hybridized carbons (Fsp3) is 0.982. The van der Waals surface area contributed by atoms with E-state index in [1.54, 1.807) is 0 Å². The van der Waals surface area contributed by atoms with Crippen molar-refractivity contribution in [2.45, 2.75) is 339 Å². The molecule has 0 radical (unpaired) electrons. The van der Waals surface area contributed by atoms with Crippen LogP contribution < -0.4 is 5.32 Å². The number of carbonyl (C=O) groups is 1. The fourth-order valence-corrected chi connectivity index (χ4v) is 9.64. The summed E-state index contributed by atoms with van der Waals surface area (Å²) in [5.41, 5.74) is 0. The monoisotopic (exact) mass is 926 g/mol. The molecular formula is C56H111NO8. The highest BCUT2D eigenvalue weighted by molar-refractivity contribution is 5.76. The first-order valence-corrected chi connectivity index (χ1v) is 28.7. The minimum absolute atomic E-state index is 0.136. The number of nitrogens with one attached hydrogen (secondary N) is 1. The van der Waals surface area contributed by atoms with E-state index in [4.69, 9.17) is 9.47 Å². The average molecular weight is 927 g/mol. The van der Waals surface area contributed by atoms with Gasteiger partial charge in [-0.3, -0.25) is 4.79 Å². The van der Waals surface area contributed by atoms with Crippen molar-refractivity contribution in [3.05, 3.63) is 0 Å². The number of carbonyl (C=O) groups excluding carboxylic acids is 1. The number of amides is 1. The third kappa shape index (κ3) is 36.8. The van der Waals surface area contributed by atoms with E-state index in [-0.39, 0.29) is 12.5 Å². The lowest BCUT2D eigenvalue weighted by Crippen LogP contribution is -2.60. The summed E-state index contributed by atoms with van der Waals surface area (Å²) in [6.45, 7) is 3.74. The molecule has 1 fully saturated rings. The van der Waals surface area contributed by atoms with Gasteiger partial charge >= 0.3 is 0 Å². The Hall–Kier alpha value is -0.810. The highest BCUT2D eigenvalue weighted by Gasteiger charge is 2.44. The Labute approximate surface area is 402 Å². The van der Waals surface area contributed by atoms with Crippen molar-refractivity contribution in [1.82, 2.24) is 5.32 Å². The zero-order valence-electron chi connectivity index (χ0n) is 43.0. The molecule has 0 aromatic heterocycles. The molecule has 7 atom stereocenters. The number of ether oxygens (including phenoxy) is 2. The largest absolute Gasteiger partial charge is 0.394 e. The topological polar surface area (TPSA) is 149 Å². The minimum Gasteiger partial charge on any atom is -0.394 e. The van der Waals surface area contributed by atoms with Gasteiger partial charge < -0.3 is 40.3 Å². The van der Waals surface area contributed by atoms with Gasteiger partial charge in [0.05, 0.1) is 25.4 Å². The van der Waals surface area contributed by atoms with Crippen molar-refractivity contribution < 1.29 is 39.8 Å². The first-order valence-electron chi connectivity index (χ1n) is 28.7. The van der Waals surface area contributed by atoms with Crippen LogP contribution in [0, 0.1) is 0 Å². The van der Waals surface area contributed by atoms with Gasteiger partial charge in [-0.05, 0) is 12.8 Å². The summed E-state index contributed by atoms with van der Waals surface area (Å²) in [5.74, 6) is -0.147. The molecule has 388 valence electrons. The normalized spacial score (nSPS) is 19.8. The Morgan fingerprint density at radius 1 is 0.462 bits per heavy atom. The lowest BCUT2D eigenvalue weighted by molar-refractivity contribution is -0.302. The lowest BCUT2D eigenvalue weighted by atomic mass is 9.99. The number of aliphatic hydroxyl groups is 5. The van der Waals surface area contributed by atoms with E-state index in [9.17, 15) is 30.3 Å². The molecule has 1 heterocycles. The van der Waals surface area contributed by atoms with Gasteiger partial charge in [0.15, 0.2) is 6.29 Å². The Kier molecular flexibility index (Phi) is 44.9. The van der Waals surface area contributed by atoms with Gasteiger partial charge in [-0.1, -0.05) is 277 Å². The van der Waals surface area contributed by atoms with Crippen LogP contribution in [0.25, 0.3) is 0 Å². The van der Waals surface area contributed by atoms with Gasteiger partial charge in [-0.2, -0.15) is 0 Å². The Morgan fingerprint density at radius 2 is 0.769 bits per heavy atom. The van der Waals surface area contributed by atoms with Gasteiger partial charge in [0.2, 0.25) is 5.91 Å². The molecule has 9 nitrogen and oxygen atoms in total. The third-order valence-corrected chi connectivity index (χ3v) is 14.2. The first-order chi connectivity index (χ1) is 31.8. The molecule has 9 heteroatoms. The van der Waals surface area contributed by atoms with E-state index in [1.807, 2.05) is 0 Å². The Bertz CT molecular complexity index is 986. The standard InChI is InChI=1S/C56H111NO8/c1-3-5-7-9-10-11-12-13-14-15-16-17-18-19-20-21-22-23-24-25-26-27-28-29-30-31-32-33-34-35-36-37-38-39-40-41-42-44-46-52(60)57-49(50(59)45-43-8-6-4-2)48-64-56-55(63)54(62)53(61)51(47-58)65-56/h49-51,53-56,58-59,61-63H,3-48H2,1-2H3,(H,57,60). The van der Waals surface area contributed by atoms with Crippen molar-refractivity contribution in [3.8, 4) is 0 Å². The SMILES string of the molecule is CCCCCCCCCCCCCCCCCCCCCCCCCCCCCCCCCCCCCCCCC(=O)NC(COC1OC(CO)C(O)C(O)C1O)C(O)CCCCCC. The second-order valence-corrected chi connectivity index (χ2v) is 20.5.